The van der Waals surface area contributed by atoms with Gasteiger partial charge in [-0.3, -0.25) is 14.4 Å². The van der Waals surface area contributed by atoms with Crippen LogP contribution >= 0.6 is 22.7 Å². The van der Waals surface area contributed by atoms with Gasteiger partial charge in [0.05, 0.1) is 119 Å². The zero-order chi connectivity index (χ0) is 44.1. The molecule has 0 aromatic heterocycles. The van der Waals surface area contributed by atoms with Crippen LogP contribution in [-0.4, -0.2) is 193 Å². The Hall–Kier alpha value is -1.50. The number of nitrogens with one attached hydrogen (secondary N) is 3. The third-order valence-electron chi connectivity index (χ3n) is 7.29. The molecule has 0 atom stereocenters. The van der Waals surface area contributed by atoms with Crippen molar-refractivity contribution in [3.05, 3.63) is 0 Å². The average molecular weight is 931 g/mol. The van der Waals surface area contributed by atoms with E-state index in [9.17, 15) is 29.7 Å². The van der Waals surface area contributed by atoms with Gasteiger partial charge in [-0.25, -0.2) is 15.3 Å². The molecule has 0 amide bonds. The first kappa shape index (κ1) is 56.5. The normalized spacial score (nSPS) is 20.1. The smallest absolute Gasteiger partial charge is 0.303 e. The summed E-state index contributed by atoms with van der Waals surface area (Å²) in [5, 5.41) is 38.0. The van der Waals surface area contributed by atoms with Crippen LogP contribution in [0.15, 0.2) is 13.5 Å². The maximum atomic E-state index is 11.5. The van der Waals surface area contributed by atoms with Gasteiger partial charge in [0.25, 0.3) is 22.7 Å². The average Bonchev–Trinajstić information content (AvgIpc) is 3.21. The van der Waals surface area contributed by atoms with Crippen molar-refractivity contribution in [1.29, 1.82) is 0 Å². The summed E-state index contributed by atoms with van der Waals surface area (Å²) in [6.07, 6.45) is 0.102. The second-order valence-electron chi connectivity index (χ2n) is 12.3. The molecule has 27 heteroatoms. The van der Waals surface area contributed by atoms with Crippen LogP contribution in [0.3, 0.4) is 0 Å². The van der Waals surface area contributed by atoms with Crippen molar-refractivity contribution in [3.8, 4) is 0 Å². The highest BCUT2D eigenvalue weighted by Gasteiger charge is 2.40. The minimum Gasteiger partial charge on any atom is -0.481 e. The van der Waals surface area contributed by atoms with Crippen molar-refractivity contribution >= 4 is 40.7 Å². The van der Waals surface area contributed by atoms with Crippen molar-refractivity contribution in [2.45, 2.75) is 38.5 Å². The van der Waals surface area contributed by atoms with Crippen LogP contribution in [0.5, 0.6) is 0 Å². The number of aliphatic carboxylic acids is 3. The number of carboxylic acids is 3. The molecule has 0 saturated carbocycles. The lowest BCUT2D eigenvalue weighted by atomic mass is 10.3. The minimum atomic E-state index is -3.62. The molecule has 6 N–H and O–H groups in total. The summed E-state index contributed by atoms with van der Waals surface area (Å²) >= 11 is 0. The first-order chi connectivity index (χ1) is 29.1. The quantitative estimate of drug-likeness (QED) is 0.0377. The van der Waals surface area contributed by atoms with E-state index in [4.69, 9.17) is 69.7 Å². The highest BCUT2D eigenvalue weighted by Crippen LogP contribution is 2.75. The Morgan fingerprint density at radius 3 is 0.817 bits per heavy atom. The molecule has 1 aliphatic rings. The minimum absolute atomic E-state index is 0.0266. The van der Waals surface area contributed by atoms with Crippen LogP contribution in [0, 0.1) is 0 Å². The summed E-state index contributed by atoms with van der Waals surface area (Å²) in [5.41, 5.74) is 0. The maximum absolute atomic E-state index is 11.5. The van der Waals surface area contributed by atoms with Gasteiger partial charge in [0, 0.05) is 60.2 Å². The Morgan fingerprint density at radius 1 is 0.383 bits per heavy atom. The van der Waals surface area contributed by atoms with Crippen LogP contribution in [-0.2, 0) is 70.6 Å². The van der Waals surface area contributed by atoms with Crippen LogP contribution < -0.4 is 15.3 Å². The van der Waals surface area contributed by atoms with E-state index in [1.165, 1.54) is 0 Å². The van der Waals surface area contributed by atoms with Gasteiger partial charge < -0.3 is 71.5 Å². The molecule has 0 unspecified atom stereocenters. The fourth-order valence-electron chi connectivity index (χ4n) is 4.48. The van der Waals surface area contributed by atoms with Gasteiger partial charge in [0.15, 0.2) is 0 Å². The van der Waals surface area contributed by atoms with Crippen molar-refractivity contribution in [3.63, 3.8) is 0 Å². The van der Waals surface area contributed by atoms with E-state index in [2.05, 4.69) is 15.3 Å². The van der Waals surface area contributed by atoms with Gasteiger partial charge in [-0.1, -0.05) is 0 Å². The monoisotopic (exact) mass is 930 g/mol. The zero-order valence-corrected chi connectivity index (χ0v) is 37.9. The Morgan fingerprint density at radius 2 is 0.600 bits per heavy atom. The summed E-state index contributed by atoms with van der Waals surface area (Å²) < 4.78 is 83.2. The zero-order valence-electron chi connectivity index (χ0n) is 35.2. The Balaban J connectivity index is 3.66. The largest absolute Gasteiger partial charge is 0.481 e. The lowest BCUT2D eigenvalue weighted by molar-refractivity contribution is -0.138. The number of hydrogen-bond acceptors (Lipinski definition) is 21. The van der Waals surface area contributed by atoms with Crippen molar-refractivity contribution in [1.82, 2.24) is 15.3 Å². The summed E-state index contributed by atoms with van der Waals surface area (Å²) in [5.74, 6) is -2.99. The SMILES string of the molecule is COCCOCCOCCOP1(NCCCC(=O)O)=NP(NCCCC(=O)O)(OCCOCCOCCOC)=NP(NCCCC(=O)O)(OCCOCCOCCOC)=N1. The molecule has 0 spiro atoms. The predicted molar refractivity (Wildman–Crippen MR) is 221 cm³/mol. The molecule has 0 saturated heterocycles. The summed E-state index contributed by atoms with van der Waals surface area (Å²) in [6.45, 7) is 4.84. The fraction of sp³-hybridized carbons (Fsp3) is 0.909. The van der Waals surface area contributed by atoms with E-state index in [1.54, 1.807) is 21.3 Å². The van der Waals surface area contributed by atoms with Gasteiger partial charge in [0.1, 0.15) is 0 Å². The molecule has 24 nitrogen and oxygen atoms in total. The molecule has 0 radical (unpaired) electrons. The highest BCUT2D eigenvalue weighted by atomic mass is 31.3. The number of methoxy groups -OCH3 is 3. The molecule has 354 valence electrons. The van der Waals surface area contributed by atoms with Crippen molar-refractivity contribution in [2.75, 3.05) is 160 Å². The van der Waals surface area contributed by atoms with Crippen LogP contribution in [0.1, 0.15) is 38.5 Å². The third-order valence-corrected chi connectivity index (χ3v) is 16.6. The Bertz CT molecular complexity index is 1150. The predicted octanol–water partition coefficient (Wildman–Crippen LogP) is 3.29. The second-order valence-corrected chi connectivity index (χ2v) is 19.4. The molecule has 1 rings (SSSR count). The van der Waals surface area contributed by atoms with E-state index in [1.807, 2.05) is 0 Å². The van der Waals surface area contributed by atoms with E-state index in [0.29, 0.717) is 59.5 Å². The number of carboxylic acid groups (broad SMARTS) is 3. The van der Waals surface area contributed by atoms with E-state index < -0.39 is 40.7 Å². The standard InChI is InChI=1S/C33H69N6O18P3/c1-46-13-16-49-19-22-52-25-28-55-58(34-10-4-7-31(40)41)37-59(35-11-5-8-32(42)43,56-29-26-53-23-20-50-17-14-47-2)39-60(38-58,36-12-6-9-33(44)45)57-30-27-54-24-21-51-18-15-48-3/h34-36H,4-30H2,1-3H3,(H,40,41)(H,42,43)(H,44,45). The number of carbonyl (C=O) groups is 3. The van der Waals surface area contributed by atoms with Crippen LogP contribution in [0.4, 0.5) is 0 Å². The molecule has 0 fully saturated rings. The molecule has 1 heterocycles. The first-order valence-corrected chi connectivity index (χ1v) is 24.6. The molecular formula is C33H69N6O18P3. The third kappa shape index (κ3) is 29.7. The number of rotatable bonds is 45. The number of nitrogens with zero attached hydrogens (tertiary/aromatic N) is 3. The van der Waals surface area contributed by atoms with Crippen molar-refractivity contribution < 1.29 is 85.9 Å². The highest BCUT2D eigenvalue weighted by molar-refractivity contribution is 7.81. The van der Waals surface area contributed by atoms with Gasteiger partial charge in [-0.2, -0.15) is 13.5 Å². The Kier molecular flexibility index (Phi) is 34.8. The van der Waals surface area contributed by atoms with Crippen LogP contribution in [0.2, 0.25) is 0 Å². The molecule has 60 heavy (non-hydrogen) atoms. The van der Waals surface area contributed by atoms with Crippen molar-refractivity contribution in [2.24, 2.45) is 13.5 Å². The molecular weight excluding hydrogens is 861 g/mol. The summed E-state index contributed by atoms with van der Waals surface area (Å²) in [7, 11) is -6.13. The summed E-state index contributed by atoms with van der Waals surface area (Å²) in [6, 6.07) is 0. The molecule has 0 aliphatic carbocycles. The van der Waals surface area contributed by atoms with Gasteiger partial charge >= 0.3 is 17.9 Å². The fourth-order valence-corrected chi connectivity index (χ4v) is 15.2. The topological polar surface area (TPSA) is 296 Å². The lowest BCUT2D eigenvalue weighted by Crippen LogP contribution is -2.24. The van der Waals surface area contributed by atoms with Gasteiger partial charge in [0.2, 0.25) is 0 Å². The van der Waals surface area contributed by atoms with Gasteiger partial charge in [-0.15, -0.1) is 0 Å². The first-order valence-electron chi connectivity index (χ1n) is 19.7. The van der Waals surface area contributed by atoms with E-state index in [0.717, 1.165) is 0 Å². The molecule has 0 aromatic rings. The second kappa shape index (κ2) is 36.9. The molecule has 0 bridgehead atoms. The van der Waals surface area contributed by atoms with Crippen LogP contribution in [0.25, 0.3) is 0 Å². The molecule has 1 aliphatic heterocycles. The van der Waals surface area contributed by atoms with Gasteiger partial charge in [-0.05, 0) is 19.3 Å². The number of hydrogen-bond donors (Lipinski definition) is 6. The van der Waals surface area contributed by atoms with E-state index >= 15 is 0 Å². The maximum Gasteiger partial charge on any atom is 0.303 e. The Labute approximate surface area is 353 Å². The lowest BCUT2D eigenvalue weighted by Gasteiger charge is -2.35. The number of ether oxygens (including phenoxy) is 9. The van der Waals surface area contributed by atoms with E-state index in [-0.39, 0.29) is 118 Å². The summed E-state index contributed by atoms with van der Waals surface area (Å²) in [4.78, 5) is 34.4. The molecule has 0 aromatic carbocycles.